The Labute approximate surface area is 112 Å². The molecule has 106 valence electrons. The van der Waals surface area contributed by atoms with Crippen molar-refractivity contribution in [3.8, 4) is 0 Å². The molecule has 3 heteroatoms. The van der Waals surface area contributed by atoms with Crippen LogP contribution in [0.2, 0.25) is 0 Å². The van der Waals surface area contributed by atoms with Crippen LogP contribution in [0.25, 0.3) is 0 Å². The molecule has 0 aromatic rings. The molecule has 18 heavy (non-hydrogen) atoms. The Balaban J connectivity index is 1.65. The van der Waals surface area contributed by atoms with Gasteiger partial charge in [-0.25, -0.2) is 0 Å². The van der Waals surface area contributed by atoms with E-state index in [0.29, 0.717) is 12.1 Å². The third kappa shape index (κ3) is 3.94. The highest BCUT2D eigenvalue weighted by molar-refractivity contribution is 4.84. The first-order valence-corrected chi connectivity index (χ1v) is 7.77. The number of ether oxygens (including phenoxy) is 1. The quantitative estimate of drug-likeness (QED) is 0.809. The first-order valence-electron chi connectivity index (χ1n) is 7.77. The van der Waals surface area contributed by atoms with Gasteiger partial charge in [-0.2, -0.15) is 0 Å². The third-order valence-corrected chi connectivity index (χ3v) is 4.81. The SMILES string of the molecule is CC(C)C1CCC(OCC2NCCCC2N)CC1. The molecule has 2 fully saturated rings. The van der Waals surface area contributed by atoms with E-state index in [1.165, 1.54) is 32.1 Å². The second-order valence-electron chi connectivity index (χ2n) is 6.48. The fraction of sp³-hybridized carbons (Fsp3) is 1.00. The van der Waals surface area contributed by atoms with Crippen molar-refractivity contribution in [1.29, 1.82) is 0 Å². The Kier molecular flexibility index (Phi) is 5.46. The maximum atomic E-state index is 6.11. The first kappa shape index (κ1) is 14.3. The molecule has 1 saturated heterocycles. The zero-order valence-corrected chi connectivity index (χ0v) is 12.0. The van der Waals surface area contributed by atoms with Gasteiger partial charge in [0.15, 0.2) is 0 Å². The highest BCUT2D eigenvalue weighted by Gasteiger charge is 2.26. The summed E-state index contributed by atoms with van der Waals surface area (Å²) >= 11 is 0. The molecular formula is C15H30N2O. The summed E-state index contributed by atoms with van der Waals surface area (Å²) in [5, 5.41) is 3.49. The van der Waals surface area contributed by atoms with Gasteiger partial charge in [0.1, 0.15) is 0 Å². The van der Waals surface area contributed by atoms with Crippen LogP contribution in [0.1, 0.15) is 52.4 Å². The summed E-state index contributed by atoms with van der Waals surface area (Å²) in [5.74, 6) is 1.75. The van der Waals surface area contributed by atoms with Gasteiger partial charge in [-0.1, -0.05) is 13.8 Å². The van der Waals surface area contributed by atoms with Gasteiger partial charge < -0.3 is 15.8 Å². The van der Waals surface area contributed by atoms with E-state index in [1.54, 1.807) is 0 Å². The minimum absolute atomic E-state index is 0.283. The van der Waals surface area contributed by atoms with Gasteiger partial charge in [0.25, 0.3) is 0 Å². The molecule has 1 saturated carbocycles. The van der Waals surface area contributed by atoms with E-state index < -0.39 is 0 Å². The van der Waals surface area contributed by atoms with Crippen molar-refractivity contribution in [3.63, 3.8) is 0 Å². The Morgan fingerprint density at radius 3 is 2.50 bits per heavy atom. The minimum atomic E-state index is 0.283. The smallest absolute Gasteiger partial charge is 0.0638 e. The summed E-state index contributed by atoms with van der Waals surface area (Å²) in [6.45, 7) is 6.59. The van der Waals surface area contributed by atoms with Crippen LogP contribution >= 0.6 is 0 Å². The molecule has 3 nitrogen and oxygen atoms in total. The van der Waals surface area contributed by atoms with E-state index in [9.17, 15) is 0 Å². The number of nitrogens with two attached hydrogens (primary N) is 1. The Hall–Kier alpha value is -0.120. The lowest BCUT2D eigenvalue weighted by Gasteiger charge is -2.34. The van der Waals surface area contributed by atoms with Gasteiger partial charge in [-0.3, -0.25) is 0 Å². The zero-order chi connectivity index (χ0) is 13.0. The van der Waals surface area contributed by atoms with E-state index >= 15 is 0 Å². The highest BCUT2D eigenvalue weighted by Crippen LogP contribution is 2.31. The normalized spacial score (nSPS) is 38.0. The van der Waals surface area contributed by atoms with Gasteiger partial charge in [-0.05, 0) is 56.9 Å². The summed E-state index contributed by atoms with van der Waals surface area (Å²) in [5.41, 5.74) is 6.11. The fourth-order valence-electron chi connectivity index (χ4n) is 3.32. The minimum Gasteiger partial charge on any atom is -0.377 e. The van der Waals surface area contributed by atoms with Crippen molar-refractivity contribution < 1.29 is 4.74 Å². The molecule has 0 aromatic heterocycles. The van der Waals surface area contributed by atoms with Crippen LogP contribution in [0.3, 0.4) is 0 Å². The monoisotopic (exact) mass is 254 g/mol. The number of piperidine rings is 1. The van der Waals surface area contributed by atoms with Crippen molar-refractivity contribution >= 4 is 0 Å². The molecule has 0 amide bonds. The van der Waals surface area contributed by atoms with Gasteiger partial charge in [0, 0.05) is 12.1 Å². The van der Waals surface area contributed by atoms with Gasteiger partial charge in [-0.15, -0.1) is 0 Å². The second kappa shape index (κ2) is 6.88. The maximum absolute atomic E-state index is 6.11. The summed E-state index contributed by atoms with van der Waals surface area (Å²) in [6.07, 6.45) is 7.99. The van der Waals surface area contributed by atoms with Crippen molar-refractivity contribution in [2.45, 2.75) is 70.6 Å². The van der Waals surface area contributed by atoms with Crippen LogP contribution < -0.4 is 11.1 Å². The van der Waals surface area contributed by atoms with Gasteiger partial charge >= 0.3 is 0 Å². The predicted molar refractivity (Wildman–Crippen MR) is 75.5 cm³/mol. The fourth-order valence-corrected chi connectivity index (χ4v) is 3.32. The summed E-state index contributed by atoms with van der Waals surface area (Å²) in [7, 11) is 0. The lowest BCUT2D eigenvalue weighted by atomic mass is 9.80. The number of hydrogen-bond acceptors (Lipinski definition) is 3. The molecule has 1 aliphatic carbocycles. The Bertz CT molecular complexity index is 237. The topological polar surface area (TPSA) is 47.3 Å². The van der Waals surface area contributed by atoms with Crippen LogP contribution in [0.5, 0.6) is 0 Å². The summed E-state index contributed by atoms with van der Waals surface area (Å²) < 4.78 is 6.08. The number of hydrogen-bond donors (Lipinski definition) is 2. The molecule has 0 bridgehead atoms. The molecule has 3 N–H and O–H groups in total. The third-order valence-electron chi connectivity index (χ3n) is 4.81. The standard InChI is InChI=1S/C15H30N2O/c1-11(2)12-5-7-13(8-6-12)18-10-15-14(16)4-3-9-17-15/h11-15,17H,3-10,16H2,1-2H3. The highest BCUT2D eigenvalue weighted by atomic mass is 16.5. The molecule has 2 atom stereocenters. The zero-order valence-electron chi connectivity index (χ0n) is 12.0. The number of nitrogens with one attached hydrogen (secondary N) is 1. The average molecular weight is 254 g/mol. The van der Waals surface area contributed by atoms with E-state index in [0.717, 1.165) is 31.4 Å². The van der Waals surface area contributed by atoms with Crippen molar-refractivity contribution in [3.05, 3.63) is 0 Å². The van der Waals surface area contributed by atoms with E-state index in [-0.39, 0.29) is 6.04 Å². The Morgan fingerprint density at radius 1 is 1.17 bits per heavy atom. The molecular weight excluding hydrogens is 224 g/mol. The van der Waals surface area contributed by atoms with Crippen molar-refractivity contribution in [2.24, 2.45) is 17.6 Å². The molecule has 0 aromatic carbocycles. The van der Waals surface area contributed by atoms with Crippen LogP contribution in [-0.4, -0.2) is 31.3 Å². The molecule has 2 rings (SSSR count). The van der Waals surface area contributed by atoms with Gasteiger partial charge in [0.2, 0.25) is 0 Å². The number of rotatable bonds is 4. The molecule has 1 aliphatic heterocycles. The van der Waals surface area contributed by atoms with E-state index in [2.05, 4.69) is 19.2 Å². The summed E-state index contributed by atoms with van der Waals surface area (Å²) in [6, 6.07) is 0.660. The molecule has 1 heterocycles. The Morgan fingerprint density at radius 2 is 1.89 bits per heavy atom. The lowest BCUT2D eigenvalue weighted by molar-refractivity contribution is -0.00321. The van der Waals surface area contributed by atoms with Crippen LogP contribution in [-0.2, 0) is 4.74 Å². The molecule has 0 spiro atoms. The predicted octanol–water partition coefficient (Wildman–Crippen LogP) is 2.30. The van der Waals surface area contributed by atoms with Crippen LogP contribution in [0, 0.1) is 11.8 Å². The van der Waals surface area contributed by atoms with Crippen LogP contribution in [0.4, 0.5) is 0 Å². The van der Waals surface area contributed by atoms with Crippen LogP contribution in [0.15, 0.2) is 0 Å². The lowest BCUT2D eigenvalue weighted by Crippen LogP contribution is -2.52. The average Bonchev–Trinajstić information content (AvgIpc) is 2.38. The van der Waals surface area contributed by atoms with Crippen molar-refractivity contribution in [2.75, 3.05) is 13.2 Å². The first-order chi connectivity index (χ1) is 8.66. The largest absolute Gasteiger partial charge is 0.377 e. The molecule has 2 aliphatic rings. The van der Waals surface area contributed by atoms with Gasteiger partial charge in [0.05, 0.1) is 12.7 Å². The van der Waals surface area contributed by atoms with E-state index in [4.69, 9.17) is 10.5 Å². The molecule has 2 unspecified atom stereocenters. The molecule has 0 radical (unpaired) electrons. The van der Waals surface area contributed by atoms with E-state index in [1.807, 2.05) is 0 Å². The maximum Gasteiger partial charge on any atom is 0.0638 e. The second-order valence-corrected chi connectivity index (χ2v) is 6.48. The van der Waals surface area contributed by atoms with Crippen molar-refractivity contribution in [1.82, 2.24) is 5.32 Å². The summed E-state index contributed by atoms with van der Waals surface area (Å²) in [4.78, 5) is 0.